The quantitative estimate of drug-likeness (QED) is 0.624. The van der Waals surface area contributed by atoms with E-state index in [0.29, 0.717) is 6.61 Å². The average Bonchev–Trinajstić information content (AvgIpc) is 2.25. The van der Waals surface area contributed by atoms with E-state index >= 15 is 0 Å². The van der Waals surface area contributed by atoms with Crippen LogP contribution in [0.3, 0.4) is 0 Å². The molecular weight excluding hydrogens is 224 g/mol. The Balaban J connectivity index is 3.07. The van der Waals surface area contributed by atoms with Crippen molar-refractivity contribution in [1.82, 2.24) is 0 Å². The first-order valence-corrected chi connectivity index (χ1v) is 5.13. The zero-order chi connectivity index (χ0) is 13.0. The number of carbonyl (C=O) groups excluding carboxylic acids is 1. The monoisotopic (exact) mass is 238 g/mol. The maximum atomic E-state index is 11.0. The summed E-state index contributed by atoms with van der Waals surface area (Å²) in [6.07, 6.45) is 0. The number of hydrogen-bond donors (Lipinski definition) is 1. The number of nitrogens with two attached hydrogens (primary N) is 1. The summed E-state index contributed by atoms with van der Waals surface area (Å²) in [5.74, 6) is -0.346. The van der Waals surface area contributed by atoms with Gasteiger partial charge in [-0.15, -0.1) is 0 Å². The van der Waals surface area contributed by atoms with Crippen molar-refractivity contribution in [2.45, 2.75) is 13.8 Å². The molecule has 0 saturated heterocycles. The molecular formula is C11H14N2O4. The van der Waals surface area contributed by atoms with Gasteiger partial charge in [-0.25, -0.2) is 0 Å². The standard InChI is InChI=1S/C11H14N2O4/c1-7(2)6-17-10-5-8(11(12)14)3-4-9(10)13(15)16/h3-5,7H,6H2,1-2H3,(H2,12,14). The van der Waals surface area contributed by atoms with Crippen LogP contribution in [0.5, 0.6) is 5.75 Å². The summed E-state index contributed by atoms with van der Waals surface area (Å²) < 4.78 is 5.30. The number of hydrogen-bond acceptors (Lipinski definition) is 4. The minimum Gasteiger partial charge on any atom is -0.487 e. The van der Waals surface area contributed by atoms with Crippen molar-refractivity contribution in [2.75, 3.05) is 6.61 Å². The van der Waals surface area contributed by atoms with Gasteiger partial charge in [0.2, 0.25) is 5.91 Å². The van der Waals surface area contributed by atoms with E-state index in [1.54, 1.807) is 0 Å². The second kappa shape index (κ2) is 5.29. The number of nitro benzene ring substituents is 1. The first-order valence-electron chi connectivity index (χ1n) is 5.13. The number of benzene rings is 1. The van der Waals surface area contributed by atoms with E-state index in [2.05, 4.69) is 0 Å². The van der Waals surface area contributed by atoms with Crippen molar-refractivity contribution in [3.8, 4) is 5.75 Å². The molecule has 0 spiro atoms. The predicted molar refractivity (Wildman–Crippen MR) is 61.9 cm³/mol. The Morgan fingerprint density at radius 1 is 1.53 bits per heavy atom. The summed E-state index contributed by atoms with van der Waals surface area (Å²) in [6.45, 7) is 4.18. The highest BCUT2D eigenvalue weighted by Crippen LogP contribution is 2.28. The van der Waals surface area contributed by atoms with Gasteiger partial charge in [-0.3, -0.25) is 14.9 Å². The van der Waals surface area contributed by atoms with Crippen LogP contribution in [0.15, 0.2) is 18.2 Å². The number of nitro groups is 1. The van der Waals surface area contributed by atoms with Gasteiger partial charge < -0.3 is 10.5 Å². The van der Waals surface area contributed by atoms with Gasteiger partial charge in [0, 0.05) is 17.7 Å². The molecule has 0 saturated carbocycles. The third-order valence-corrected chi connectivity index (χ3v) is 2.01. The molecule has 0 radical (unpaired) electrons. The first-order chi connectivity index (χ1) is 7.91. The third kappa shape index (κ3) is 3.44. The van der Waals surface area contributed by atoms with Crippen LogP contribution in [0, 0.1) is 16.0 Å². The van der Waals surface area contributed by atoms with E-state index < -0.39 is 10.8 Å². The van der Waals surface area contributed by atoms with Gasteiger partial charge >= 0.3 is 5.69 Å². The number of nitrogens with zero attached hydrogens (tertiary/aromatic N) is 1. The van der Waals surface area contributed by atoms with E-state index in [-0.39, 0.29) is 22.9 Å². The molecule has 0 aliphatic heterocycles. The Morgan fingerprint density at radius 2 is 2.18 bits per heavy atom. The SMILES string of the molecule is CC(C)COc1cc(C(N)=O)ccc1[N+](=O)[O-]. The highest BCUT2D eigenvalue weighted by atomic mass is 16.6. The Kier molecular flexibility index (Phi) is 4.03. The lowest BCUT2D eigenvalue weighted by molar-refractivity contribution is -0.385. The summed E-state index contributed by atoms with van der Waals surface area (Å²) in [7, 11) is 0. The number of ether oxygens (including phenoxy) is 1. The molecule has 2 N–H and O–H groups in total. The van der Waals surface area contributed by atoms with Gasteiger partial charge in [0.05, 0.1) is 11.5 Å². The van der Waals surface area contributed by atoms with Gasteiger partial charge in [0.25, 0.3) is 0 Å². The minimum absolute atomic E-state index is 0.0694. The second-order valence-electron chi connectivity index (χ2n) is 4.01. The fourth-order valence-corrected chi connectivity index (χ4v) is 1.19. The van der Waals surface area contributed by atoms with Crippen LogP contribution in [0.4, 0.5) is 5.69 Å². The van der Waals surface area contributed by atoms with Crippen LogP contribution >= 0.6 is 0 Å². The fraction of sp³-hybridized carbons (Fsp3) is 0.364. The van der Waals surface area contributed by atoms with Gasteiger partial charge in [-0.1, -0.05) is 13.8 Å². The largest absolute Gasteiger partial charge is 0.487 e. The van der Waals surface area contributed by atoms with E-state index in [1.807, 2.05) is 13.8 Å². The van der Waals surface area contributed by atoms with E-state index in [4.69, 9.17) is 10.5 Å². The van der Waals surface area contributed by atoms with Crippen molar-refractivity contribution >= 4 is 11.6 Å². The molecule has 17 heavy (non-hydrogen) atoms. The van der Waals surface area contributed by atoms with Crippen LogP contribution in [-0.4, -0.2) is 17.4 Å². The number of carbonyl (C=O) groups is 1. The molecule has 1 rings (SSSR count). The molecule has 6 heteroatoms. The number of primary amides is 1. The van der Waals surface area contributed by atoms with Crippen molar-refractivity contribution in [3.05, 3.63) is 33.9 Å². The average molecular weight is 238 g/mol. The van der Waals surface area contributed by atoms with Crippen LogP contribution in [0.2, 0.25) is 0 Å². The lowest BCUT2D eigenvalue weighted by Crippen LogP contribution is -2.12. The molecule has 0 unspecified atom stereocenters. The van der Waals surface area contributed by atoms with Gasteiger partial charge in [0.1, 0.15) is 0 Å². The number of amides is 1. The number of rotatable bonds is 5. The Hall–Kier alpha value is -2.11. The van der Waals surface area contributed by atoms with Crippen LogP contribution in [0.1, 0.15) is 24.2 Å². The summed E-state index contributed by atoms with van der Waals surface area (Å²) in [4.78, 5) is 21.2. The topological polar surface area (TPSA) is 95.5 Å². The zero-order valence-electron chi connectivity index (χ0n) is 9.67. The molecule has 92 valence electrons. The fourth-order valence-electron chi connectivity index (χ4n) is 1.19. The molecule has 1 amide bonds. The van der Waals surface area contributed by atoms with Gasteiger partial charge in [-0.2, -0.15) is 0 Å². The molecule has 1 aromatic carbocycles. The maximum Gasteiger partial charge on any atom is 0.310 e. The van der Waals surface area contributed by atoms with Gasteiger partial charge in [-0.05, 0) is 12.0 Å². The summed E-state index contributed by atoms with van der Waals surface area (Å²) >= 11 is 0. The first kappa shape index (κ1) is 13.0. The molecule has 0 atom stereocenters. The van der Waals surface area contributed by atoms with Crippen molar-refractivity contribution in [3.63, 3.8) is 0 Å². The van der Waals surface area contributed by atoms with Crippen molar-refractivity contribution in [2.24, 2.45) is 11.7 Å². The maximum absolute atomic E-state index is 11.0. The molecule has 0 aliphatic carbocycles. The molecule has 0 heterocycles. The van der Waals surface area contributed by atoms with E-state index in [9.17, 15) is 14.9 Å². The summed E-state index contributed by atoms with van der Waals surface area (Å²) in [6, 6.07) is 3.82. The third-order valence-electron chi connectivity index (χ3n) is 2.01. The normalized spacial score (nSPS) is 10.3. The Labute approximate surface area is 98.5 Å². The molecule has 0 aliphatic rings. The smallest absolute Gasteiger partial charge is 0.310 e. The van der Waals surface area contributed by atoms with E-state index in [1.165, 1.54) is 18.2 Å². The molecule has 0 fully saturated rings. The van der Waals surface area contributed by atoms with Crippen molar-refractivity contribution in [1.29, 1.82) is 0 Å². The van der Waals surface area contributed by atoms with Crippen LogP contribution in [0.25, 0.3) is 0 Å². The lowest BCUT2D eigenvalue weighted by atomic mass is 10.2. The Morgan fingerprint density at radius 3 is 2.65 bits per heavy atom. The Bertz CT molecular complexity index is 443. The van der Waals surface area contributed by atoms with Crippen molar-refractivity contribution < 1.29 is 14.5 Å². The molecule has 6 nitrogen and oxygen atoms in total. The summed E-state index contributed by atoms with van der Waals surface area (Å²) in [5.41, 5.74) is 5.12. The molecule has 1 aromatic rings. The second-order valence-corrected chi connectivity index (χ2v) is 4.01. The minimum atomic E-state index is -0.644. The van der Waals surface area contributed by atoms with E-state index in [0.717, 1.165) is 0 Å². The summed E-state index contributed by atoms with van der Waals surface area (Å²) in [5, 5.41) is 10.8. The van der Waals surface area contributed by atoms with Gasteiger partial charge in [0.15, 0.2) is 5.75 Å². The molecule has 0 aromatic heterocycles. The molecule has 0 bridgehead atoms. The lowest BCUT2D eigenvalue weighted by Gasteiger charge is -2.09. The highest BCUT2D eigenvalue weighted by molar-refractivity contribution is 5.93. The van der Waals surface area contributed by atoms with Crippen LogP contribution < -0.4 is 10.5 Å². The predicted octanol–water partition coefficient (Wildman–Crippen LogP) is 1.73. The zero-order valence-corrected chi connectivity index (χ0v) is 9.67. The highest BCUT2D eigenvalue weighted by Gasteiger charge is 2.17. The van der Waals surface area contributed by atoms with Crippen LogP contribution in [-0.2, 0) is 0 Å².